The Morgan fingerprint density at radius 1 is 1.08 bits per heavy atom. The van der Waals surface area contributed by atoms with Gasteiger partial charge in [-0.2, -0.15) is 10.4 Å². The number of nitrogens with one attached hydrogen (secondary N) is 1. The number of anilines is 1. The van der Waals surface area contributed by atoms with E-state index in [0.717, 1.165) is 67.1 Å². The van der Waals surface area contributed by atoms with Gasteiger partial charge in [0.1, 0.15) is 40.2 Å². The second kappa shape index (κ2) is 9.81. The van der Waals surface area contributed by atoms with Crippen LogP contribution in [0.1, 0.15) is 76.0 Å². The summed E-state index contributed by atoms with van der Waals surface area (Å²) in [5.74, 6) is 3.16. The predicted octanol–water partition coefficient (Wildman–Crippen LogP) is 5.32. The van der Waals surface area contributed by atoms with Crippen LogP contribution in [0.15, 0.2) is 12.1 Å². The number of carbonyl (C=O) groups is 1. The lowest BCUT2D eigenvalue weighted by Crippen LogP contribution is -2.43. The van der Waals surface area contributed by atoms with E-state index in [2.05, 4.69) is 11.4 Å². The number of aromatic nitrogens is 2. The van der Waals surface area contributed by atoms with Gasteiger partial charge in [-0.05, 0) is 76.8 Å². The largest absolute Gasteiger partial charge is 0.496 e. The average molecular weight is 508 g/mol. The van der Waals surface area contributed by atoms with Gasteiger partial charge in [0.2, 0.25) is 0 Å². The van der Waals surface area contributed by atoms with Crippen LogP contribution in [0.25, 0.3) is 11.3 Å². The Kier molecular flexibility index (Phi) is 6.69. The van der Waals surface area contributed by atoms with Crippen molar-refractivity contribution in [1.82, 2.24) is 14.7 Å². The molecular formula is C28H37N5O4. The molecule has 0 radical (unpaired) electrons. The van der Waals surface area contributed by atoms with Gasteiger partial charge in [-0.25, -0.2) is 9.48 Å². The first-order valence-electron chi connectivity index (χ1n) is 13.2. The third-order valence-corrected chi connectivity index (χ3v) is 7.61. The summed E-state index contributed by atoms with van der Waals surface area (Å²) in [6, 6.07) is 6.53. The van der Waals surface area contributed by atoms with Gasteiger partial charge in [-0.15, -0.1) is 0 Å². The first kappa shape index (κ1) is 25.2. The van der Waals surface area contributed by atoms with Crippen LogP contribution in [0, 0.1) is 17.2 Å². The summed E-state index contributed by atoms with van der Waals surface area (Å²) in [5, 5.41) is 18.6. The molecule has 1 atom stereocenters. The van der Waals surface area contributed by atoms with E-state index in [1.54, 1.807) is 19.1 Å². The third kappa shape index (κ3) is 4.94. The number of fused-ring (bicyclic) bond motifs is 1. The minimum atomic E-state index is -0.501. The topological polar surface area (TPSA) is 102 Å². The van der Waals surface area contributed by atoms with Gasteiger partial charge in [0.05, 0.1) is 20.3 Å². The van der Waals surface area contributed by atoms with Crippen molar-refractivity contribution in [2.75, 3.05) is 39.2 Å². The molecule has 1 saturated heterocycles. The standard InChI is InChI=1S/C28H37N5O4/c1-28(2,3)37-27(34)32-12-9-17(10-13-32)21-8-11-30-26-20(16-29)25(31-33(21)26)19-14-22(35-4)24(18-6-7-18)23(15-19)36-5/h14-15,17-18,21,30H,6-13H2,1-5H3. The van der Waals surface area contributed by atoms with Gasteiger partial charge in [0.25, 0.3) is 0 Å². The molecule has 2 aromatic rings. The van der Waals surface area contributed by atoms with E-state index in [1.807, 2.05) is 37.6 Å². The van der Waals surface area contributed by atoms with Gasteiger partial charge in [0, 0.05) is 30.8 Å². The molecule has 1 aromatic heterocycles. The highest BCUT2D eigenvalue weighted by Crippen LogP contribution is 2.50. The van der Waals surface area contributed by atoms with Crippen molar-refractivity contribution in [3.8, 4) is 28.8 Å². The molecule has 9 heteroatoms. The summed E-state index contributed by atoms with van der Waals surface area (Å²) >= 11 is 0. The third-order valence-electron chi connectivity index (χ3n) is 7.61. The summed E-state index contributed by atoms with van der Waals surface area (Å²) in [6.45, 7) is 7.77. The van der Waals surface area contributed by atoms with E-state index in [9.17, 15) is 10.1 Å². The van der Waals surface area contributed by atoms with Crippen molar-refractivity contribution in [2.24, 2.45) is 5.92 Å². The number of hydrogen-bond acceptors (Lipinski definition) is 7. The molecule has 0 bridgehead atoms. The Hall–Kier alpha value is -3.41. The van der Waals surface area contributed by atoms with Crippen molar-refractivity contribution in [2.45, 2.75) is 70.4 Å². The highest BCUT2D eigenvalue weighted by molar-refractivity contribution is 5.77. The molecule has 37 heavy (non-hydrogen) atoms. The maximum atomic E-state index is 12.5. The van der Waals surface area contributed by atoms with Crippen LogP contribution in [0.3, 0.4) is 0 Å². The maximum absolute atomic E-state index is 12.5. The monoisotopic (exact) mass is 507 g/mol. The van der Waals surface area contributed by atoms with E-state index in [0.29, 0.717) is 36.2 Å². The molecule has 1 saturated carbocycles. The number of methoxy groups -OCH3 is 2. The number of carbonyl (C=O) groups excluding carboxylic acids is 1. The van der Waals surface area contributed by atoms with Crippen LogP contribution in [0.4, 0.5) is 10.6 Å². The van der Waals surface area contributed by atoms with Crippen molar-refractivity contribution < 1.29 is 19.0 Å². The number of hydrogen-bond donors (Lipinski definition) is 1. The Bertz CT molecular complexity index is 1190. The molecular weight excluding hydrogens is 470 g/mol. The minimum Gasteiger partial charge on any atom is -0.496 e. The van der Waals surface area contributed by atoms with E-state index in [-0.39, 0.29) is 12.1 Å². The van der Waals surface area contributed by atoms with E-state index in [1.165, 1.54) is 0 Å². The SMILES string of the molecule is COc1cc(-c2nn3c(c2C#N)NCCC3C2CCN(C(=O)OC(C)(C)C)CC2)cc(OC)c1C1CC1. The maximum Gasteiger partial charge on any atom is 0.410 e. The number of benzene rings is 1. The number of piperidine rings is 1. The van der Waals surface area contributed by atoms with Crippen LogP contribution in [-0.2, 0) is 4.74 Å². The van der Waals surface area contributed by atoms with Crippen LogP contribution in [-0.4, -0.2) is 60.2 Å². The van der Waals surface area contributed by atoms with Gasteiger partial charge >= 0.3 is 6.09 Å². The molecule has 9 nitrogen and oxygen atoms in total. The number of ether oxygens (including phenoxy) is 3. The zero-order valence-corrected chi connectivity index (χ0v) is 22.5. The highest BCUT2D eigenvalue weighted by Gasteiger charge is 2.37. The summed E-state index contributed by atoms with van der Waals surface area (Å²) in [7, 11) is 3.35. The molecule has 0 spiro atoms. The molecule has 3 heterocycles. The van der Waals surface area contributed by atoms with Crippen molar-refractivity contribution >= 4 is 11.9 Å². The molecule has 1 aliphatic carbocycles. The highest BCUT2D eigenvalue weighted by atomic mass is 16.6. The first-order chi connectivity index (χ1) is 17.7. The summed E-state index contributed by atoms with van der Waals surface area (Å²) < 4.78 is 19.1. The van der Waals surface area contributed by atoms with Crippen molar-refractivity contribution in [1.29, 1.82) is 5.26 Å². The van der Waals surface area contributed by atoms with Gasteiger partial charge in [-0.3, -0.25) is 0 Å². The van der Waals surface area contributed by atoms with E-state index >= 15 is 0 Å². The summed E-state index contributed by atoms with van der Waals surface area (Å²) in [5.41, 5.74) is 2.60. The summed E-state index contributed by atoms with van der Waals surface area (Å²) in [6.07, 6.45) is 4.68. The van der Waals surface area contributed by atoms with Crippen LogP contribution >= 0.6 is 0 Å². The molecule has 2 fully saturated rings. The van der Waals surface area contributed by atoms with Crippen LogP contribution in [0.5, 0.6) is 11.5 Å². The van der Waals surface area contributed by atoms with E-state index < -0.39 is 5.60 Å². The zero-order valence-electron chi connectivity index (χ0n) is 22.5. The Morgan fingerprint density at radius 2 is 1.73 bits per heavy atom. The van der Waals surface area contributed by atoms with Crippen LogP contribution < -0.4 is 14.8 Å². The molecule has 5 rings (SSSR count). The minimum absolute atomic E-state index is 0.160. The Labute approximate surface area is 218 Å². The lowest BCUT2D eigenvalue weighted by Gasteiger charge is -2.38. The molecule has 1 aromatic carbocycles. The number of likely N-dealkylation sites (tertiary alicyclic amines) is 1. The average Bonchev–Trinajstić information content (AvgIpc) is 3.65. The zero-order chi connectivity index (χ0) is 26.3. The lowest BCUT2D eigenvalue weighted by atomic mass is 9.87. The summed E-state index contributed by atoms with van der Waals surface area (Å²) in [4.78, 5) is 14.3. The second-order valence-electron chi connectivity index (χ2n) is 11.3. The molecule has 3 aliphatic rings. The lowest BCUT2D eigenvalue weighted by molar-refractivity contribution is 0.0157. The quantitative estimate of drug-likeness (QED) is 0.584. The Balaban J connectivity index is 1.42. The van der Waals surface area contributed by atoms with E-state index in [4.69, 9.17) is 19.3 Å². The second-order valence-corrected chi connectivity index (χ2v) is 11.3. The fraction of sp³-hybridized carbons (Fsp3) is 0.607. The van der Waals surface area contributed by atoms with Gasteiger partial charge in [-0.1, -0.05) is 0 Å². The van der Waals surface area contributed by atoms with Crippen LogP contribution in [0.2, 0.25) is 0 Å². The van der Waals surface area contributed by atoms with Crippen molar-refractivity contribution in [3.63, 3.8) is 0 Å². The van der Waals surface area contributed by atoms with Gasteiger partial charge < -0.3 is 24.4 Å². The number of rotatable bonds is 5. The normalized spacial score (nSPS) is 20.0. The van der Waals surface area contributed by atoms with Crippen molar-refractivity contribution in [3.05, 3.63) is 23.3 Å². The molecule has 2 aliphatic heterocycles. The molecule has 1 N–H and O–H groups in total. The molecule has 1 unspecified atom stereocenters. The fourth-order valence-corrected chi connectivity index (χ4v) is 5.69. The molecule has 198 valence electrons. The number of nitriles is 1. The Morgan fingerprint density at radius 3 is 2.27 bits per heavy atom. The first-order valence-corrected chi connectivity index (χ1v) is 13.2. The smallest absolute Gasteiger partial charge is 0.410 e. The van der Waals surface area contributed by atoms with Gasteiger partial charge in [0.15, 0.2) is 0 Å². The number of nitrogens with zero attached hydrogens (tertiary/aromatic N) is 4. The fourth-order valence-electron chi connectivity index (χ4n) is 5.69. The predicted molar refractivity (Wildman–Crippen MR) is 140 cm³/mol. The number of amides is 1. The molecule has 1 amide bonds.